The van der Waals surface area contributed by atoms with Gasteiger partial charge in [-0.1, -0.05) is 45.4 Å². The smallest absolute Gasteiger partial charge is 0.192 e. The Morgan fingerprint density at radius 2 is 1.77 bits per heavy atom. The number of nitrogens with zero attached hydrogens (tertiary/aromatic N) is 4. The lowest BCUT2D eigenvalue weighted by Crippen LogP contribution is -2.49. The fraction of sp³-hybridized carbons (Fsp3) is 0.850. The van der Waals surface area contributed by atoms with Crippen LogP contribution in [0.5, 0.6) is 0 Å². The highest BCUT2D eigenvalue weighted by atomic mass is 15.3. The van der Waals surface area contributed by atoms with Crippen LogP contribution >= 0.6 is 0 Å². The standard InChI is InChI=1S/C20H36N6/c1-4-16-9-8-12-18(13-16)23-20(22-17-10-6-5-7-11-17)21-14-19-25-24-15(2)26(19)3/h16-18H,4-14H2,1-3H3,(H2,21,22,23). The zero-order valence-corrected chi connectivity index (χ0v) is 16.8. The van der Waals surface area contributed by atoms with E-state index in [4.69, 9.17) is 4.99 Å². The first-order valence-electron chi connectivity index (χ1n) is 10.6. The molecule has 146 valence electrons. The van der Waals surface area contributed by atoms with E-state index in [9.17, 15) is 0 Å². The molecule has 0 saturated heterocycles. The largest absolute Gasteiger partial charge is 0.354 e. The molecule has 0 spiro atoms. The van der Waals surface area contributed by atoms with Gasteiger partial charge in [0, 0.05) is 19.1 Å². The molecule has 1 aromatic rings. The maximum atomic E-state index is 4.88. The van der Waals surface area contributed by atoms with E-state index < -0.39 is 0 Å². The fourth-order valence-corrected chi connectivity index (χ4v) is 4.30. The molecule has 0 radical (unpaired) electrons. The van der Waals surface area contributed by atoms with Gasteiger partial charge in [-0.05, 0) is 38.5 Å². The molecule has 0 amide bonds. The molecule has 2 fully saturated rings. The highest BCUT2D eigenvalue weighted by Gasteiger charge is 2.23. The Labute approximate surface area is 158 Å². The van der Waals surface area contributed by atoms with E-state index in [1.807, 2.05) is 18.5 Å². The van der Waals surface area contributed by atoms with Crippen molar-refractivity contribution in [3.8, 4) is 0 Å². The summed E-state index contributed by atoms with van der Waals surface area (Å²) in [5, 5.41) is 15.9. The van der Waals surface area contributed by atoms with E-state index in [-0.39, 0.29) is 0 Å². The van der Waals surface area contributed by atoms with E-state index in [2.05, 4.69) is 27.8 Å². The maximum Gasteiger partial charge on any atom is 0.192 e. The molecular formula is C20H36N6. The van der Waals surface area contributed by atoms with Crippen LogP contribution in [0.15, 0.2) is 4.99 Å². The first-order chi connectivity index (χ1) is 12.7. The van der Waals surface area contributed by atoms with E-state index in [1.54, 1.807) is 0 Å². The van der Waals surface area contributed by atoms with E-state index in [0.717, 1.165) is 23.5 Å². The van der Waals surface area contributed by atoms with E-state index in [0.29, 0.717) is 18.6 Å². The molecule has 0 bridgehead atoms. The van der Waals surface area contributed by atoms with Gasteiger partial charge in [-0.3, -0.25) is 0 Å². The molecule has 0 aromatic carbocycles. The molecule has 6 nitrogen and oxygen atoms in total. The summed E-state index contributed by atoms with van der Waals surface area (Å²) in [5.74, 6) is 3.68. The van der Waals surface area contributed by atoms with Crippen LogP contribution in [0.25, 0.3) is 0 Å². The van der Waals surface area contributed by atoms with Crippen molar-refractivity contribution >= 4 is 5.96 Å². The van der Waals surface area contributed by atoms with Crippen molar-refractivity contribution in [1.82, 2.24) is 25.4 Å². The molecule has 2 aliphatic rings. The summed E-state index contributed by atoms with van der Waals surface area (Å²) in [6, 6.07) is 1.10. The molecule has 26 heavy (non-hydrogen) atoms. The summed E-state index contributed by atoms with van der Waals surface area (Å²) in [7, 11) is 2.01. The SMILES string of the molecule is CCC1CCCC(NC(=NCc2nnc(C)n2C)NC2CCCCC2)C1. The molecular weight excluding hydrogens is 324 g/mol. The normalized spacial score (nSPS) is 25.3. The number of aryl methyl sites for hydroxylation is 1. The van der Waals surface area contributed by atoms with Crippen molar-refractivity contribution in [2.45, 2.75) is 96.7 Å². The molecule has 2 atom stereocenters. The first kappa shape index (κ1) is 19.2. The molecule has 2 N–H and O–H groups in total. The van der Waals surface area contributed by atoms with Crippen molar-refractivity contribution in [1.29, 1.82) is 0 Å². The minimum absolute atomic E-state index is 0.546. The number of nitrogens with one attached hydrogen (secondary N) is 2. The van der Waals surface area contributed by atoms with Gasteiger partial charge in [0.15, 0.2) is 11.8 Å². The zero-order valence-electron chi connectivity index (χ0n) is 16.8. The Balaban J connectivity index is 1.65. The van der Waals surface area contributed by atoms with Gasteiger partial charge < -0.3 is 15.2 Å². The third-order valence-corrected chi connectivity index (χ3v) is 6.21. The second-order valence-corrected chi connectivity index (χ2v) is 8.15. The Hall–Kier alpha value is -1.59. The zero-order chi connectivity index (χ0) is 18.4. The predicted octanol–water partition coefficient (Wildman–Crippen LogP) is 3.46. The number of guanidine groups is 1. The summed E-state index contributed by atoms with van der Waals surface area (Å²) in [6.45, 7) is 4.87. The van der Waals surface area contributed by atoms with Crippen LogP contribution in [0.3, 0.4) is 0 Å². The molecule has 2 saturated carbocycles. The number of aromatic nitrogens is 3. The van der Waals surface area contributed by atoms with Gasteiger partial charge >= 0.3 is 0 Å². The van der Waals surface area contributed by atoms with Gasteiger partial charge in [0.1, 0.15) is 12.4 Å². The number of aliphatic imine (C=N–C) groups is 1. The lowest BCUT2D eigenvalue weighted by atomic mass is 9.84. The molecule has 1 heterocycles. The van der Waals surface area contributed by atoms with Gasteiger partial charge in [-0.2, -0.15) is 0 Å². The van der Waals surface area contributed by atoms with Crippen LogP contribution in [0.1, 0.15) is 82.8 Å². The lowest BCUT2D eigenvalue weighted by molar-refractivity contribution is 0.296. The van der Waals surface area contributed by atoms with Crippen molar-refractivity contribution < 1.29 is 0 Å². The van der Waals surface area contributed by atoms with Crippen LogP contribution in [-0.4, -0.2) is 32.8 Å². The summed E-state index contributed by atoms with van der Waals surface area (Å²) >= 11 is 0. The molecule has 0 aliphatic heterocycles. The van der Waals surface area contributed by atoms with Gasteiger partial charge in [-0.15, -0.1) is 10.2 Å². The third-order valence-electron chi connectivity index (χ3n) is 6.21. The van der Waals surface area contributed by atoms with Crippen LogP contribution in [-0.2, 0) is 13.6 Å². The van der Waals surface area contributed by atoms with Crippen LogP contribution in [0, 0.1) is 12.8 Å². The summed E-state index contributed by atoms with van der Waals surface area (Å²) < 4.78 is 2.02. The summed E-state index contributed by atoms with van der Waals surface area (Å²) in [5.41, 5.74) is 0. The average molecular weight is 361 g/mol. The fourth-order valence-electron chi connectivity index (χ4n) is 4.30. The second kappa shape index (κ2) is 9.38. The van der Waals surface area contributed by atoms with Gasteiger partial charge in [0.2, 0.25) is 0 Å². The number of hydrogen-bond donors (Lipinski definition) is 2. The average Bonchev–Trinajstić information content (AvgIpc) is 2.99. The Bertz CT molecular complexity index is 587. The molecule has 6 heteroatoms. The quantitative estimate of drug-likeness (QED) is 0.623. The molecule has 2 aliphatic carbocycles. The molecule has 3 rings (SSSR count). The van der Waals surface area contributed by atoms with Crippen LogP contribution in [0.4, 0.5) is 0 Å². The van der Waals surface area contributed by atoms with Crippen molar-refractivity contribution in [3.05, 3.63) is 11.6 Å². The topological polar surface area (TPSA) is 67.1 Å². The maximum absolute atomic E-state index is 4.88. The van der Waals surface area contributed by atoms with Crippen LogP contribution in [0.2, 0.25) is 0 Å². The highest BCUT2D eigenvalue weighted by molar-refractivity contribution is 5.80. The monoisotopic (exact) mass is 360 g/mol. The molecule has 2 unspecified atom stereocenters. The van der Waals surface area contributed by atoms with Crippen molar-refractivity contribution in [2.24, 2.45) is 18.0 Å². The first-order valence-corrected chi connectivity index (χ1v) is 10.6. The van der Waals surface area contributed by atoms with E-state index in [1.165, 1.54) is 64.2 Å². The summed E-state index contributed by atoms with van der Waals surface area (Å²) in [6.07, 6.45) is 13.1. The van der Waals surface area contributed by atoms with Crippen LogP contribution < -0.4 is 10.6 Å². The Kier molecular flexibility index (Phi) is 6.92. The van der Waals surface area contributed by atoms with E-state index >= 15 is 0 Å². The van der Waals surface area contributed by atoms with Crippen molar-refractivity contribution in [3.63, 3.8) is 0 Å². The number of rotatable bonds is 5. The van der Waals surface area contributed by atoms with Crippen molar-refractivity contribution in [2.75, 3.05) is 0 Å². The van der Waals surface area contributed by atoms with Gasteiger partial charge in [-0.25, -0.2) is 4.99 Å². The van der Waals surface area contributed by atoms with Gasteiger partial charge in [0.05, 0.1) is 0 Å². The number of hydrogen-bond acceptors (Lipinski definition) is 3. The second-order valence-electron chi connectivity index (χ2n) is 8.15. The Morgan fingerprint density at radius 1 is 1.04 bits per heavy atom. The summed E-state index contributed by atoms with van der Waals surface area (Å²) in [4.78, 5) is 4.88. The predicted molar refractivity (Wildman–Crippen MR) is 106 cm³/mol. The minimum Gasteiger partial charge on any atom is -0.354 e. The minimum atomic E-state index is 0.546. The third kappa shape index (κ3) is 5.21. The van der Waals surface area contributed by atoms with Gasteiger partial charge in [0.25, 0.3) is 0 Å². The lowest BCUT2D eigenvalue weighted by Gasteiger charge is -2.32. The highest BCUT2D eigenvalue weighted by Crippen LogP contribution is 2.26. The molecule has 1 aromatic heterocycles. The Morgan fingerprint density at radius 3 is 2.46 bits per heavy atom.